The lowest BCUT2D eigenvalue weighted by Crippen LogP contribution is -2.49. The van der Waals surface area contributed by atoms with Gasteiger partial charge in [0, 0.05) is 44.9 Å². The molecule has 4 rings (SSSR count). The van der Waals surface area contributed by atoms with Crippen LogP contribution < -0.4 is 10.2 Å². The first-order valence-electron chi connectivity index (χ1n) is 11.2. The van der Waals surface area contributed by atoms with Crippen LogP contribution in [0.5, 0.6) is 0 Å². The molecule has 31 heavy (non-hydrogen) atoms. The highest BCUT2D eigenvalue weighted by atomic mass is 16.5. The molecule has 1 unspecified atom stereocenters. The van der Waals surface area contributed by atoms with Gasteiger partial charge in [0.1, 0.15) is 5.82 Å². The summed E-state index contributed by atoms with van der Waals surface area (Å²) in [5.41, 5.74) is 2.08. The van der Waals surface area contributed by atoms with Crippen molar-refractivity contribution in [3.8, 4) is 0 Å². The highest BCUT2D eigenvalue weighted by Crippen LogP contribution is 2.23. The first-order valence-corrected chi connectivity index (χ1v) is 11.2. The zero-order chi connectivity index (χ0) is 21.8. The number of benzene rings is 1. The van der Waals surface area contributed by atoms with Crippen LogP contribution in [0.15, 0.2) is 36.4 Å². The summed E-state index contributed by atoms with van der Waals surface area (Å²) in [6.07, 6.45) is 2.51. The summed E-state index contributed by atoms with van der Waals surface area (Å²) in [7, 11) is 0. The van der Waals surface area contributed by atoms with E-state index < -0.39 is 0 Å². The van der Waals surface area contributed by atoms with Gasteiger partial charge < -0.3 is 19.9 Å². The van der Waals surface area contributed by atoms with E-state index in [2.05, 4.69) is 53.3 Å². The largest absolute Gasteiger partial charge is 0.376 e. The fourth-order valence-electron chi connectivity index (χ4n) is 4.05. The van der Waals surface area contributed by atoms with Crippen LogP contribution in [0.4, 0.5) is 11.6 Å². The molecule has 2 fully saturated rings. The molecule has 1 atom stereocenters. The fourth-order valence-corrected chi connectivity index (χ4v) is 4.05. The first-order chi connectivity index (χ1) is 14.9. The molecule has 2 aliphatic rings. The third kappa shape index (κ3) is 5.34. The number of hydrogen-bond donors (Lipinski definition) is 1. The predicted molar refractivity (Wildman–Crippen MR) is 123 cm³/mol. The Morgan fingerprint density at radius 3 is 2.39 bits per heavy atom. The van der Waals surface area contributed by atoms with Gasteiger partial charge in [-0.3, -0.25) is 4.79 Å². The number of piperazine rings is 1. The number of aromatic nitrogens is 2. The molecule has 1 aromatic heterocycles. The molecule has 166 valence electrons. The van der Waals surface area contributed by atoms with Crippen molar-refractivity contribution in [1.82, 2.24) is 15.1 Å². The molecule has 2 aromatic rings. The lowest BCUT2D eigenvalue weighted by molar-refractivity contribution is 0.0746. The summed E-state index contributed by atoms with van der Waals surface area (Å²) in [5.74, 6) is 1.72. The van der Waals surface area contributed by atoms with Crippen molar-refractivity contribution in [2.24, 2.45) is 0 Å². The SMILES string of the molecule is CC(C)(C)c1ccc(C(=O)N2CCN(c3ccc(NCC4CCCO4)nn3)CC2)cc1. The van der Waals surface area contributed by atoms with Crippen molar-refractivity contribution < 1.29 is 9.53 Å². The van der Waals surface area contributed by atoms with Crippen molar-refractivity contribution in [1.29, 1.82) is 0 Å². The average molecular weight is 424 g/mol. The molecule has 7 heteroatoms. The van der Waals surface area contributed by atoms with Gasteiger partial charge in [-0.1, -0.05) is 32.9 Å². The van der Waals surface area contributed by atoms with E-state index in [1.165, 1.54) is 5.56 Å². The van der Waals surface area contributed by atoms with Crippen LogP contribution in [-0.4, -0.2) is 66.4 Å². The van der Waals surface area contributed by atoms with Crippen LogP contribution in [0.2, 0.25) is 0 Å². The van der Waals surface area contributed by atoms with Crippen LogP contribution in [-0.2, 0) is 10.2 Å². The summed E-state index contributed by atoms with van der Waals surface area (Å²) < 4.78 is 5.62. The van der Waals surface area contributed by atoms with E-state index in [-0.39, 0.29) is 17.4 Å². The van der Waals surface area contributed by atoms with Gasteiger partial charge in [-0.15, -0.1) is 10.2 Å². The van der Waals surface area contributed by atoms with Gasteiger partial charge in [-0.05, 0) is 48.1 Å². The van der Waals surface area contributed by atoms with Gasteiger partial charge in [0.2, 0.25) is 0 Å². The van der Waals surface area contributed by atoms with Crippen LogP contribution >= 0.6 is 0 Å². The van der Waals surface area contributed by atoms with E-state index in [1.807, 2.05) is 29.2 Å². The number of rotatable bonds is 5. The first kappa shape index (κ1) is 21.6. The molecular formula is C24H33N5O2. The van der Waals surface area contributed by atoms with Gasteiger partial charge in [0.05, 0.1) is 6.10 Å². The summed E-state index contributed by atoms with van der Waals surface area (Å²) in [4.78, 5) is 17.0. The minimum absolute atomic E-state index is 0.0869. The quantitative estimate of drug-likeness (QED) is 0.796. The van der Waals surface area contributed by atoms with E-state index in [9.17, 15) is 4.79 Å². The molecule has 2 aliphatic heterocycles. The zero-order valence-electron chi connectivity index (χ0n) is 18.8. The van der Waals surface area contributed by atoms with Gasteiger partial charge in [-0.25, -0.2) is 0 Å². The summed E-state index contributed by atoms with van der Waals surface area (Å²) >= 11 is 0. The van der Waals surface area contributed by atoms with Crippen molar-refractivity contribution in [3.05, 3.63) is 47.5 Å². The van der Waals surface area contributed by atoms with Gasteiger partial charge in [0.15, 0.2) is 5.82 Å². The summed E-state index contributed by atoms with van der Waals surface area (Å²) in [6.45, 7) is 11.0. The second kappa shape index (κ2) is 9.22. The maximum atomic E-state index is 12.9. The number of nitrogens with one attached hydrogen (secondary N) is 1. The molecule has 1 amide bonds. The molecule has 0 saturated carbocycles. The number of carbonyl (C=O) groups excluding carboxylic acids is 1. The smallest absolute Gasteiger partial charge is 0.253 e. The third-order valence-corrected chi connectivity index (χ3v) is 6.07. The Morgan fingerprint density at radius 1 is 1.06 bits per heavy atom. The average Bonchev–Trinajstić information content (AvgIpc) is 3.31. The molecular weight excluding hydrogens is 390 g/mol. The maximum absolute atomic E-state index is 12.9. The summed E-state index contributed by atoms with van der Waals surface area (Å²) in [6, 6.07) is 12.0. The topological polar surface area (TPSA) is 70.6 Å². The number of nitrogens with zero attached hydrogens (tertiary/aromatic N) is 4. The van der Waals surface area contributed by atoms with Crippen molar-refractivity contribution in [3.63, 3.8) is 0 Å². The van der Waals surface area contributed by atoms with E-state index in [0.29, 0.717) is 13.1 Å². The number of anilines is 2. The summed E-state index contributed by atoms with van der Waals surface area (Å²) in [5, 5.41) is 12.0. The highest BCUT2D eigenvalue weighted by molar-refractivity contribution is 5.94. The van der Waals surface area contributed by atoms with Crippen molar-refractivity contribution >= 4 is 17.5 Å². The Bertz CT molecular complexity index is 862. The third-order valence-electron chi connectivity index (χ3n) is 6.07. The predicted octanol–water partition coefficient (Wildman–Crippen LogP) is 3.33. The molecule has 1 N–H and O–H groups in total. The Kier molecular flexibility index (Phi) is 6.41. The van der Waals surface area contributed by atoms with Crippen LogP contribution in [0.3, 0.4) is 0 Å². The van der Waals surface area contributed by atoms with Gasteiger partial charge in [0.25, 0.3) is 5.91 Å². The Balaban J connectivity index is 1.28. The molecule has 7 nitrogen and oxygen atoms in total. The Morgan fingerprint density at radius 2 is 1.81 bits per heavy atom. The van der Waals surface area contributed by atoms with Crippen LogP contribution in [0.1, 0.15) is 49.5 Å². The number of carbonyl (C=O) groups is 1. The van der Waals surface area contributed by atoms with Crippen molar-refractivity contribution in [2.75, 3.05) is 49.5 Å². The standard InChI is InChI=1S/C24H33N5O2/c1-24(2,3)19-8-6-18(7-9-19)23(30)29-14-12-28(13-15-29)22-11-10-21(26-27-22)25-17-20-5-4-16-31-20/h6-11,20H,4-5,12-17H2,1-3H3,(H,25,26). The Labute approximate surface area is 184 Å². The minimum atomic E-state index is 0.0869. The molecule has 3 heterocycles. The number of hydrogen-bond acceptors (Lipinski definition) is 6. The van der Waals surface area contributed by atoms with E-state index in [0.717, 1.165) is 56.3 Å². The second-order valence-electron chi connectivity index (χ2n) is 9.40. The van der Waals surface area contributed by atoms with E-state index >= 15 is 0 Å². The molecule has 1 aromatic carbocycles. The van der Waals surface area contributed by atoms with Gasteiger partial charge >= 0.3 is 0 Å². The number of amides is 1. The van der Waals surface area contributed by atoms with Crippen molar-refractivity contribution in [2.45, 2.75) is 45.1 Å². The highest BCUT2D eigenvalue weighted by Gasteiger charge is 2.24. The second-order valence-corrected chi connectivity index (χ2v) is 9.40. The zero-order valence-corrected chi connectivity index (χ0v) is 18.8. The lowest BCUT2D eigenvalue weighted by atomic mass is 9.86. The van der Waals surface area contributed by atoms with E-state index in [1.54, 1.807) is 0 Å². The fraction of sp³-hybridized carbons (Fsp3) is 0.542. The molecule has 2 saturated heterocycles. The molecule has 0 radical (unpaired) electrons. The van der Waals surface area contributed by atoms with Crippen LogP contribution in [0.25, 0.3) is 0 Å². The van der Waals surface area contributed by atoms with Gasteiger partial charge in [-0.2, -0.15) is 0 Å². The normalized spacial score (nSPS) is 19.5. The maximum Gasteiger partial charge on any atom is 0.253 e. The molecule has 0 aliphatic carbocycles. The lowest BCUT2D eigenvalue weighted by Gasteiger charge is -2.35. The Hall–Kier alpha value is -2.67. The molecule has 0 spiro atoms. The van der Waals surface area contributed by atoms with E-state index in [4.69, 9.17) is 4.74 Å². The minimum Gasteiger partial charge on any atom is -0.376 e. The van der Waals surface area contributed by atoms with Crippen LogP contribution in [0, 0.1) is 0 Å². The number of ether oxygens (including phenoxy) is 1. The monoisotopic (exact) mass is 423 g/mol. The molecule has 0 bridgehead atoms.